The fraction of sp³-hybridized carbons (Fsp3) is 0.357. The van der Waals surface area contributed by atoms with E-state index in [2.05, 4.69) is 46.4 Å². The number of ketones is 1. The third kappa shape index (κ3) is 6.01. The summed E-state index contributed by atoms with van der Waals surface area (Å²) in [5.74, 6) is 1.84. The number of allylic oxidation sites excluding steroid dienone is 1. The standard InChI is InChI=1S/C28H35N5O/c1-3-14-30-28-26(22(2)21-32-17-15-29-16-18-32)19-25(34)20-27(31-23-10-6-4-7-11-23)33(28)24-12-8-5-9-13-24/h4-14,20,22,29,31H,3,15-19,21H2,1-2H3/b30-14-. The van der Waals surface area contributed by atoms with Gasteiger partial charge in [-0.2, -0.15) is 0 Å². The predicted molar refractivity (Wildman–Crippen MR) is 141 cm³/mol. The molecule has 0 saturated carbocycles. The average Bonchev–Trinajstić information content (AvgIpc) is 3.00. The minimum atomic E-state index is 0.0863. The number of aliphatic imine (C=N–C) groups is 1. The van der Waals surface area contributed by atoms with Crippen LogP contribution in [-0.4, -0.2) is 49.6 Å². The Labute approximate surface area is 203 Å². The van der Waals surface area contributed by atoms with E-state index in [4.69, 9.17) is 4.99 Å². The van der Waals surface area contributed by atoms with Gasteiger partial charge in [0.2, 0.25) is 0 Å². The zero-order valence-electron chi connectivity index (χ0n) is 20.2. The van der Waals surface area contributed by atoms with Crippen LogP contribution < -0.4 is 15.5 Å². The molecule has 0 radical (unpaired) electrons. The molecule has 1 saturated heterocycles. The van der Waals surface area contributed by atoms with Gasteiger partial charge in [-0.3, -0.25) is 9.69 Å². The topological polar surface area (TPSA) is 60.0 Å². The second-order valence-electron chi connectivity index (χ2n) is 8.86. The van der Waals surface area contributed by atoms with Gasteiger partial charge in [-0.1, -0.05) is 50.2 Å². The van der Waals surface area contributed by atoms with Crippen molar-refractivity contribution in [3.8, 4) is 0 Å². The van der Waals surface area contributed by atoms with Gasteiger partial charge in [0.1, 0.15) is 11.6 Å². The minimum absolute atomic E-state index is 0.0863. The van der Waals surface area contributed by atoms with E-state index in [0.29, 0.717) is 6.42 Å². The second-order valence-corrected chi connectivity index (χ2v) is 8.86. The molecule has 2 aromatic rings. The van der Waals surface area contributed by atoms with Gasteiger partial charge >= 0.3 is 0 Å². The summed E-state index contributed by atoms with van der Waals surface area (Å²) in [4.78, 5) is 22.8. The van der Waals surface area contributed by atoms with Crippen LogP contribution in [0.1, 0.15) is 26.7 Å². The van der Waals surface area contributed by atoms with Crippen molar-refractivity contribution in [3.63, 3.8) is 0 Å². The normalized spacial score (nSPS) is 18.7. The summed E-state index contributed by atoms with van der Waals surface area (Å²) in [6.45, 7) is 9.30. The molecule has 2 aromatic carbocycles. The van der Waals surface area contributed by atoms with Crippen molar-refractivity contribution < 1.29 is 4.79 Å². The van der Waals surface area contributed by atoms with E-state index >= 15 is 0 Å². The van der Waals surface area contributed by atoms with E-state index in [-0.39, 0.29) is 11.7 Å². The zero-order chi connectivity index (χ0) is 23.8. The highest BCUT2D eigenvalue weighted by molar-refractivity contribution is 5.95. The number of rotatable bonds is 8. The Morgan fingerprint density at radius 2 is 1.74 bits per heavy atom. The van der Waals surface area contributed by atoms with Crippen LogP contribution in [0.5, 0.6) is 0 Å². The van der Waals surface area contributed by atoms with Crippen molar-refractivity contribution in [2.45, 2.75) is 26.7 Å². The van der Waals surface area contributed by atoms with Crippen molar-refractivity contribution in [1.82, 2.24) is 10.2 Å². The number of carbonyl (C=O) groups excluding carboxylic acids is 1. The van der Waals surface area contributed by atoms with Crippen molar-refractivity contribution in [1.29, 1.82) is 0 Å². The first-order valence-electron chi connectivity index (χ1n) is 12.3. The van der Waals surface area contributed by atoms with Gasteiger partial charge in [0.25, 0.3) is 0 Å². The van der Waals surface area contributed by atoms with E-state index < -0.39 is 0 Å². The number of benzene rings is 2. The second kappa shape index (κ2) is 11.8. The van der Waals surface area contributed by atoms with E-state index in [0.717, 1.165) is 67.7 Å². The van der Waals surface area contributed by atoms with Crippen LogP contribution in [0, 0.1) is 5.92 Å². The highest BCUT2D eigenvalue weighted by Gasteiger charge is 2.29. The Balaban J connectivity index is 1.79. The van der Waals surface area contributed by atoms with Crippen LogP contribution in [0.2, 0.25) is 0 Å². The van der Waals surface area contributed by atoms with Gasteiger partial charge in [-0.05, 0) is 42.2 Å². The highest BCUT2D eigenvalue weighted by atomic mass is 16.1. The molecule has 0 spiro atoms. The fourth-order valence-corrected chi connectivity index (χ4v) is 4.50. The first kappa shape index (κ1) is 23.9. The van der Waals surface area contributed by atoms with Crippen LogP contribution in [0.15, 0.2) is 88.9 Å². The molecule has 34 heavy (non-hydrogen) atoms. The van der Waals surface area contributed by atoms with Gasteiger partial charge in [0.05, 0.1) is 0 Å². The van der Waals surface area contributed by atoms with Gasteiger partial charge in [-0.25, -0.2) is 4.99 Å². The molecular weight excluding hydrogens is 422 g/mol. The number of para-hydroxylation sites is 2. The molecular formula is C28H35N5O. The third-order valence-corrected chi connectivity index (χ3v) is 6.20. The van der Waals surface area contributed by atoms with E-state index in [1.165, 1.54) is 0 Å². The Bertz CT molecular complexity index is 1040. The number of hydrogen-bond acceptors (Lipinski definition) is 6. The summed E-state index contributed by atoms with van der Waals surface area (Å²) in [5.41, 5.74) is 2.99. The number of carbonyl (C=O) groups is 1. The Hall–Kier alpha value is -3.22. The Morgan fingerprint density at radius 1 is 1.06 bits per heavy atom. The Morgan fingerprint density at radius 3 is 2.41 bits per heavy atom. The lowest BCUT2D eigenvalue weighted by Gasteiger charge is -2.33. The molecule has 0 bridgehead atoms. The third-order valence-electron chi connectivity index (χ3n) is 6.20. The van der Waals surface area contributed by atoms with Gasteiger partial charge in [0, 0.05) is 62.8 Å². The van der Waals surface area contributed by atoms with Gasteiger partial charge < -0.3 is 15.5 Å². The zero-order valence-corrected chi connectivity index (χ0v) is 20.2. The molecule has 6 heteroatoms. The lowest BCUT2D eigenvalue weighted by Crippen LogP contribution is -2.45. The Kier molecular flexibility index (Phi) is 8.28. The molecule has 1 atom stereocenters. The van der Waals surface area contributed by atoms with Crippen molar-refractivity contribution in [3.05, 3.63) is 84.0 Å². The molecule has 1 fully saturated rings. The smallest absolute Gasteiger partial charge is 0.163 e. The lowest BCUT2D eigenvalue weighted by molar-refractivity contribution is -0.114. The maximum Gasteiger partial charge on any atom is 0.163 e. The molecule has 2 N–H and O–H groups in total. The summed E-state index contributed by atoms with van der Waals surface area (Å²) in [5, 5.41) is 6.91. The van der Waals surface area contributed by atoms with Crippen molar-refractivity contribution in [2.24, 2.45) is 10.9 Å². The number of hydrogen-bond donors (Lipinski definition) is 2. The molecule has 2 heterocycles. The number of piperazine rings is 1. The number of nitrogens with zero attached hydrogens (tertiary/aromatic N) is 3. The molecule has 0 amide bonds. The first-order chi connectivity index (χ1) is 16.7. The number of anilines is 2. The molecule has 2 aliphatic rings. The van der Waals surface area contributed by atoms with Crippen LogP contribution in [0.4, 0.5) is 11.4 Å². The minimum Gasteiger partial charge on any atom is -0.341 e. The highest BCUT2D eigenvalue weighted by Crippen LogP contribution is 2.34. The van der Waals surface area contributed by atoms with Crippen LogP contribution >= 0.6 is 0 Å². The molecule has 1 unspecified atom stereocenters. The summed E-state index contributed by atoms with van der Waals surface area (Å²) >= 11 is 0. The van der Waals surface area contributed by atoms with E-state index in [9.17, 15) is 4.79 Å². The molecule has 0 aliphatic carbocycles. The average molecular weight is 458 g/mol. The SMILES string of the molecule is CC/C=N\C1=C(C(C)CN2CCNCC2)CC(=O)C=C(Nc2ccccc2)N1c1ccccc1. The number of nitrogens with one attached hydrogen (secondary N) is 2. The maximum atomic E-state index is 13.2. The van der Waals surface area contributed by atoms with Crippen LogP contribution in [-0.2, 0) is 4.79 Å². The predicted octanol–water partition coefficient (Wildman–Crippen LogP) is 4.65. The molecule has 4 rings (SSSR count). The van der Waals surface area contributed by atoms with Gasteiger partial charge in [0.15, 0.2) is 5.78 Å². The fourth-order valence-electron chi connectivity index (χ4n) is 4.50. The molecule has 6 nitrogen and oxygen atoms in total. The van der Waals surface area contributed by atoms with E-state index in [1.54, 1.807) is 6.08 Å². The lowest BCUT2D eigenvalue weighted by atomic mass is 9.95. The molecule has 0 aromatic heterocycles. The summed E-state index contributed by atoms with van der Waals surface area (Å²) < 4.78 is 0. The quantitative estimate of drug-likeness (QED) is 0.565. The van der Waals surface area contributed by atoms with Crippen molar-refractivity contribution in [2.75, 3.05) is 42.9 Å². The van der Waals surface area contributed by atoms with Gasteiger partial charge in [-0.15, -0.1) is 0 Å². The monoisotopic (exact) mass is 457 g/mol. The summed E-state index contributed by atoms with van der Waals surface area (Å²) in [6, 6.07) is 20.2. The maximum absolute atomic E-state index is 13.2. The molecule has 2 aliphatic heterocycles. The van der Waals surface area contributed by atoms with Crippen LogP contribution in [0.25, 0.3) is 0 Å². The largest absolute Gasteiger partial charge is 0.341 e. The first-order valence-corrected chi connectivity index (χ1v) is 12.3. The van der Waals surface area contributed by atoms with Crippen LogP contribution in [0.3, 0.4) is 0 Å². The van der Waals surface area contributed by atoms with E-state index in [1.807, 2.05) is 54.7 Å². The molecule has 178 valence electrons. The van der Waals surface area contributed by atoms with Crippen molar-refractivity contribution >= 4 is 23.4 Å². The summed E-state index contributed by atoms with van der Waals surface area (Å²) in [6.07, 6.45) is 4.86. The summed E-state index contributed by atoms with van der Waals surface area (Å²) in [7, 11) is 0.